The van der Waals surface area contributed by atoms with Crippen molar-refractivity contribution in [3.63, 3.8) is 0 Å². The molecule has 0 radical (unpaired) electrons. The molecule has 0 saturated carbocycles. The van der Waals surface area contributed by atoms with Crippen LogP contribution in [0.1, 0.15) is 45.6 Å². The number of hydrogen-bond donors (Lipinski definition) is 2. The smallest absolute Gasteiger partial charge is 0.328 e. The first-order valence-electron chi connectivity index (χ1n) is 8.95. The molecule has 2 N–H and O–H groups in total. The van der Waals surface area contributed by atoms with Crippen molar-refractivity contribution in [2.45, 2.75) is 53.0 Å². The molecular formula is C20H30N2O4. The van der Waals surface area contributed by atoms with E-state index in [0.29, 0.717) is 6.42 Å². The number of ether oxygens (including phenoxy) is 1. The zero-order valence-corrected chi connectivity index (χ0v) is 16.3. The molecule has 0 aliphatic carbocycles. The summed E-state index contributed by atoms with van der Waals surface area (Å²) < 4.78 is 4.74. The SMILES string of the molecule is COC(=O)[C@H](CC(C)C)NC(=O)C[C@@H](C)CC(=O)Nc1ccc(C)cc1. The van der Waals surface area contributed by atoms with Crippen LogP contribution in [0.2, 0.25) is 0 Å². The minimum absolute atomic E-state index is 0.138. The number of methoxy groups -OCH3 is 1. The Balaban J connectivity index is 2.48. The van der Waals surface area contributed by atoms with E-state index in [1.54, 1.807) is 0 Å². The molecule has 1 rings (SSSR count). The number of carbonyl (C=O) groups is 3. The van der Waals surface area contributed by atoms with Gasteiger partial charge >= 0.3 is 5.97 Å². The molecule has 1 aromatic rings. The zero-order valence-electron chi connectivity index (χ0n) is 16.3. The number of carbonyl (C=O) groups excluding carboxylic acids is 3. The fraction of sp³-hybridized carbons (Fsp3) is 0.550. The molecule has 0 heterocycles. The van der Waals surface area contributed by atoms with E-state index in [1.807, 2.05) is 52.0 Å². The zero-order chi connectivity index (χ0) is 19.7. The summed E-state index contributed by atoms with van der Waals surface area (Å²) in [5, 5.41) is 5.54. The van der Waals surface area contributed by atoms with Crippen molar-refractivity contribution in [3.05, 3.63) is 29.8 Å². The highest BCUT2D eigenvalue weighted by Crippen LogP contribution is 2.13. The van der Waals surface area contributed by atoms with Gasteiger partial charge in [0.05, 0.1) is 7.11 Å². The Labute approximate surface area is 155 Å². The number of nitrogens with one attached hydrogen (secondary N) is 2. The highest BCUT2D eigenvalue weighted by atomic mass is 16.5. The van der Waals surface area contributed by atoms with Gasteiger partial charge in [-0.3, -0.25) is 9.59 Å². The maximum absolute atomic E-state index is 12.2. The first-order chi connectivity index (χ1) is 12.2. The molecule has 0 bridgehead atoms. The van der Waals surface area contributed by atoms with Crippen molar-refractivity contribution < 1.29 is 19.1 Å². The normalized spacial score (nSPS) is 13.0. The van der Waals surface area contributed by atoms with Gasteiger partial charge in [-0.15, -0.1) is 0 Å². The Bertz CT molecular complexity index is 611. The number of amides is 2. The van der Waals surface area contributed by atoms with Gasteiger partial charge in [-0.1, -0.05) is 38.5 Å². The van der Waals surface area contributed by atoms with Crippen LogP contribution in [0.5, 0.6) is 0 Å². The topological polar surface area (TPSA) is 84.5 Å². The number of aryl methyl sites for hydroxylation is 1. The summed E-state index contributed by atoms with van der Waals surface area (Å²) >= 11 is 0. The van der Waals surface area contributed by atoms with Gasteiger partial charge < -0.3 is 15.4 Å². The van der Waals surface area contributed by atoms with Crippen LogP contribution in [-0.4, -0.2) is 30.9 Å². The van der Waals surface area contributed by atoms with Crippen LogP contribution in [0.3, 0.4) is 0 Å². The molecule has 0 aromatic heterocycles. The monoisotopic (exact) mass is 362 g/mol. The summed E-state index contributed by atoms with van der Waals surface area (Å²) in [6.07, 6.45) is 0.919. The lowest BCUT2D eigenvalue weighted by molar-refractivity contribution is -0.145. The molecule has 144 valence electrons. The van der Waals surface area contributed by atoms with Gasteiger partial charge in [0, 0.05) is 18.5 Å². The maximum Gasteiger partial charge on any atom is 0.328 e. The molecular weight excluding hydrogens is 332 g/mol. The van der Waals surface area contributed by atoms with Crippen LogP contribution in [0.25, 0.3) is 0 Å². The van der Waals surface area contributed by atoms with Crippen LogP contribution >= 0.6 is 0 Å². The lowest BCUT2D eigenvalue weighted by atomic mass is 10.0. The predicted molar refractivity (Wildman–Crippen MR) is 102 cm³/mol. The first kappa shape index (κ1) is 21.7. The standard InChI is InChI=1S/C20H30N2O4/c1-13(2)10-17(20(25)26-5)22-19(24)12-15(4)11-18(23)21-16-8-6-14(3)7-9-16/h6-9,13,15,17H,10-12H2,1-5H3,(H,21,23)(H,22,24)/t15-,17-/m0/s1. The third kappa shape index (κ3) is 8.14. The number of benzene rings is 1. The van der Waals surface area contributed by atoms with E-state index in [1.165, 1.54) is 7.11 Å². The Kier molecular flexibility index (Phi) is 8.82. The quantitative estimate of drug-likeness (QED) is 0.661. The van der Waals surface area contributed by atoms with Crippen molar-refractivity contribution >= 4 is 23.5 Å². The van der Waals surface area contributed by atoms with Crippen LogP contribution in [0.4, 0.5) is 5.69 Å². The molecule has 0 unspecified atom stereocenters. The second kappa shape index (κ2) is 10.6. The molecule has 0 aliphatic rings. The number of rotatable bonds is 9. The first-order valence-corrected chi connectivity index (χ1v) is 8.95. The molecule has 1 aromatic carbocycles. The minimum atomic E-state index is -0.652. The van der Waals surface area contributed by atoms with E-state index in [2.05, 4.69) is 10.6 Å². The van der Waals surface area contributed by atoms with Gasteiger partial charge in [0.2, 0.25) is 11.8 Å². The van der Waals surface area contributed by atoms with E-state index < -0.39 is 12.0 Å². The average Bonchev–Trinajstić information content (AvgIpc) is 2.54. The lowest BCUT2D eigenvalue weighted by Crippen LogP contribution is -2.42. The third-order valence-electron chi connectivity index (χ3n) is 3.93. The Morgan fingerprint density at radius 3 is 2.12 bits per heavy atom. The van der Waals surface area contributed by atoms with Crippen molar-refractivity contribution in [1.29, 1.82) is 0 Å². The summed E-state index contributed by atoms with van der Waals surface area (Å²) in [6.45, 7) is 7.76. The number of anilines is 1. The minimum Gasteiger partial charge on any atom is -0.467 e. The fourth-order valence-electron chi connectivity index (χ4n) is 2.64. The second-order valence-corrected chi connectivity index (χ2v) is 7.20. The van der Waals surface area contributed by atoms with Gasteiger partial charge in [0.1, 0.15) is 6.04 Å². The molecule has 2 amide bonds. The fourth-order valence-corrected chi connectivity index (χ4v) is 2.64. The molecule has 2 atom stereocenters. The van der Waals surface area contributed by atoms with Crippen molar-refractivity contribution in [2.24, 2.45) is 11.8 Å². The second-order valence-electron chi connectivity index (χ2n) is 7.20. The predicted octanol–water partition coefficient (Wildman–Crippen LogP) is 3.05. The molecule has 0 spiro atoms. The third-order valence-corrected chi connectivity index (χ3v) is 3.93. The van der Waals surface area contributed by atoms with Gasteiger partial charge in [-0.2, -0.15) is 0 Å². The largest absolute Gasteiger partial charge is 0.467 e. The molecule has 6 nitrogen and oxygen atoms in total. The summed E-state index contributed by atoms with van der Waals surface area (Å²) in [5.74, 6) is -0.732. The summed E-state index contributed by atoms with van der Waals surface area (Å²) in [7, 11) is 1.31. The van der Waals surface area contributed by atoms with Gasteiger partial charge in [0.15, 0.2) is 0 Å². The van der Waals surface area contributed by atoms with E-state index in [9.17, 15) is 14.4 Å². The van der Waals surface area contributed by atoms with Gasteiger partial charge in [-0.05, 0) is 37.3 Å². The molecule has 6 heteroatoms. The summed E-state index contributed by atoms with van der Waals surface area (Å²) in [5.41, 5.74) is 1.86. The Morgan fingerprint density at radius 2 is 1.58 bits per heavy atom. The highest BCUT2D eigenvalue weighted by molar-refractivity contribution is 5.91. The highest BCUT2D eigenvalue weighted by Gasteiger charge is 2.23. The summed E-state index contributed by atoms with van der Waals surface area (Å²) in [4.78, 5) is 36.1. The number of esters is 1. The van der Waals surface area contributed by atoms with E-state index in [4.69, 9.17) is 4.74 Å². The average molecular weight is 362 g/mol. The van der Waals surface area contributed by atoms with Crippen molar-refractivity contribution in [1.82, 2.24) is 5.32 Å². The van der Waals surface area contributed by atoms with Crippen LogP contribution in [-0.2, 0) is 19.1 Å². The van der Waals surface area contributed by atoms with Gasteiger partial charge in [0.25, 0.3) is 0 Å². The van der Waals surface area contributed by atoms with E-state index >= 15 is 0 Å². The van der Waals surface area contributed by atoms with Crippen LogP contribution in [0, 0.1) is 18.8 Å². The van der Waals surface area contributed by atoms with Crippen LogP contribution < -0.4 is 10.6 Å². The van der Waals surface area contributed by atoms with Crippen molar-refractivity contribution in [3.8, 4) is 0 Å². The van der Waals surface area contributed by atoms with Crippen LogP contribution in [0.15, 0.2) is 24.3 Å². The molecule has 0 aliphatic heterocycles. The van der Waals surface area contributed by atoms with E-state index in [-0.39, 0.29) is 36.5 Å². The Hall–Kier alpha value is -2.37. The molecule has 0 fully saturated rings. The summed E-state index contributed by atoms with van der Waals surface area (Å²) in [6, 6.07) is 6.89. The van der Waals surface area contributed by atoms with Gasteiger partial charge in [-0.25, -0.2) is 4.79 Å². The molecule has 26 heavy (non-hydrogen) atoms. The maximum atomic E-state index is 12.2. The van der Waals surface area contributed by atoms with Crippen molar-refractivity contribution in [2.75, 3.05) is 12.4 Å². The number of hydrogen-bond acceptors (Lipinski definition) is 4. The lowest BCUT2D eigenvalue weighted by Gasteiger charge is -2.19. The Morgan fingerprint density at radius 1 is 1.00 bits per heavy atom. The molecule has 0 saturated heterocycles. The van der Waals surface area contributed by atoms with E-state index in [0.717, 1.165) is 11.3 Å².